The number of morpholine rings is 1. The van der Waals surface area contributed by atoms with Crippen LogP contribution in [0.5, 0.6) is 0 Å². The maximum atomic E-state index is 5.94. The number of hydrogen-bond acceptors (Lipinski definition) is 8. The molecule has 2 aliphatic heterocycles. The highest BCUT2D eigenvalue weighted by molar-refractivity contribution is 7.19. The summed E-state index contributed by atoms with van der Waals surface area (Å²) in [6.07, 6.45) is 6.96. The predicted octanol–water partition coefficient (Wildman–Crippen LogP) is 5.23. The number of ether oxygens (including phenoxy) is 2. The molecule has 2 saturated heterocycles. The van der Waals surface area contributed by atoms with Crippen molar-refractivity contribution in [2.24, 2.45) is 0 Å². The van der Waals surface area contributed by atoms with Crippen LogP contribution in [0.25, 0.3) is 38.0 Å². The van der Waals surface area contributed by atoms with Crippen LogP contribution in [-0.2, 0) is 9.47 Å². The molecular formula is C28H29N7O2S. The van der Waals surface area contributed by atoms with Crippen LogP contribution in [-0.4, -0.2) is 62.3 Å². The van der Waals surface area contributed by atoms with Crippen LogP contribution in [0, 0.1) is 6.92 Å². The van der Waals surface area contributed by atoms with Crippen LogP contribution in [0.3, 0.4) is 0 Å². The van der Waals surface area contributed by atoms with Gasteiger partial charge in [-0.1, -0.05) is 30.3 Å². The molecule has 0 spiro atoms. The molecule has 1 unspecified atom stereocenters. The fourth-order valence-corrected chi connectivity index (χ4v) is 6.38. The highest BCUT2D eigenvalue weighted by Gasteiger charge is 2.25. The van der Waals surface area contributed by atoms with Crippen LogP contribution in [0.2, 0.25) is 0 Å². The van der Waals surface area contributed by atoms with Crippen molar-refractivity contribution in [3.63, 3.8) is 0 Å². The summed E-state index contributed by atoms with van der Waals surface area (Å²) >= 11 is 1.62. The van der Waals surface area contributed by atoms with E-state index in [0.717, 1.165) is 90.1 Å². The molecule has 6 heterocycles. The molecule has 0 aliphatic carbocycles. The monoisotopic (exact) mass is 527 g/mol. The molecule has 5 aromatic rings. The molecule has 38 heavy (non-hydrogen) atoms. The highest BCUT2D eigenvalue weighted by atomic mass is 32.1. The quantitative estimate of drug-likeness (QED) is 0.310. The van der Waals surface area contributed by atoms with Gasteiger partial charge in [0.2, 0.25) is 0 Å². The molecule has 0 amide bonds. The fourth-order valence-electron chi connectivity index (χ4n) is 5.26. The van der Waals surface area contributed by atoms with Crippen LogP contribution in [0.15, 0.2) is 55.0 Å². The standard InChI is InChI=1S/C28H29N7O2S/c1-19-24(22-17-21(10-11-34(22)31-19)33-12-15-36-16-13-33)28-30-25(20-7-3-2-4-8-20)26(38-28)27-29-18-35(32-27)23-9-5-6-14-37-23/h2-4,7-8,10-11,17-18,23H,5-6,9,12-16H2,1H3. The Morgan fingerprint density at radius 2 is 1.87 bits per heavy atom. The second-order valence-corrected chi connectivity index (χ2v) is 10.7. The van der Waals surface area contributed by atoms with E-state index in [-0.39, 0.29) is 6.23 Å². The lowest BCUT2D eigenvalue weighted by Gasteiger charge is -2.28. The van der Waals surface area contributed by atoms with Crippen molar-refractivity contribution in [2.45, 2.75) is 32.4 Å². The summed E-state index contributed by atoms with van der Waals surface area (Å²) in [5.41, 5.74) is 6.13. The SMILES string of the molecule is Cc1nn2ccc(N3CCOCC3)cc2c1-c1nc(-c2ccccc2)c(-c2ncn(C3CCCCO3)n2)s1. The minimum atomic E-state index is -0.0574. The normalized spacial score (nSPS) is 18.3. The lowest BCUT2D eigenvalue weighted by molar-refractivity contribution is -0.0395. The van der Waals surface area contributed by atoms with Gasteiger partial charge in [0.1, 0.15) is 16.2 Å². The maximum absolute atomic E-state index is 5.94. The number of thiazole rings is 1. The van der Waals surface area contributed by atoms with Crippen molar-refractivity contribution in [3.8, 4) is 32.5 Å². The van der Waals surface area contributed by atoms with Crippen LogP contribution in [0.4, 0.5) is 5.69 Å². The van der Waals surface area contributed by atoms with E-state index in [2.05, 4.69) is 29.2 Å². The Balaban J connectivity index is 1.34. The van der Waals surface area contributed by atoms with Crippen molar-refractivity contribution >= 4 is 22.5 Å². The highest BCUT2D eigenvalue weighted by Crippen LogP contribution is 2.42. The lowest BCUT2D eigenvalue weighted by atomic mass is 10.1. The largest absolute Gasteiger partial charge is 0.378 e. The molecule has 1 aromatic carbocycles. The first-order valence-corrected chi connectivity index (χ1v) is 14.0. The van der Waals surface area contributed by atoms with E-state index in [1.54, 1.807) is 17.7 Å². The van der Waals surface area contributed by atoms with Gasteiger partial charge in [0.25, 0.3) is 0 Å². The maximum Gasteiger partial charge on any atom is 0.193 e. The Labute approximate surface area is 224 Å². The summed E-state index contributed by atoms with van der Waals surface area (Å²) in [6, 6.07) is 14.6. The van der Waals surface area contributed by atoms with Crippen LogP contribution < -0.4 is 4.90 Å². The zero-order valence-electron chi connectivity index (χ0n) is 21.3. The summed E-state index contributed by atoms with van der Waals surface area (Å²) in [7, 11) is 0. The molecule has 1 atom stereocenters. The van der Waals surface area contributed by atoms with Gasteiger partial charge in [-0.25, -0.2) is 19.2 Å². The number of pyridine rings is 1. The molecule has 9 nitrogen and oxygen atoms in total. The Morgan fingerprint density at radius 1 is 1.00 bits per heavy atom. The topological polar surface area (TPSA) is 82.6 Å². The van der Waals surface area contributed by atoms with Crippen molar-refractivity contribution in [2.75, 3.05) is 37.8 Å². The molecule has 0 bridgehead atoms. The van der Waals surface area contributed by atoms with E-state index in [4.69, 9.17) is 29.6 Å². The molecule has 7 rings (SSSR count). The fraction of sp³-hybridized carbons (Fsp3) is 0.357. The minimum Gasteiger partial charge on any atom is -0.378 e. The smallest absolute Gasteiger partial charge is 0.193 e. The van der Waals surface area contributed by atoms with Gasteiger partial charge in [-0.3, -0.25) is 0 Å². The molecule has 4 aromatic heterocycles. The van der Waals surface area contributed by atoms with Gasteiger partial charge in [-0.15, -0.1) is 16.4 Å². The van der Waals surface area contributed by atoms with Crippen LogP contribution in [0.1, 0.15) is 31.2 Å². The Hall–Kier alpha value is -3.60. The first-order chi connectivity index (χ1) is 18.7. The van der Waals surface area contributed by atoms with E-state index in [1.165, 1.54) is 5.69 Å². The molecule has 10 heteroatoms. The summed E-state index contributed by atoms with van der Waals surface area (Å²) < 4.78 is 15.3. The van der Waals surface area contributed by atoms with E-state index < -0.39 is 0 Å². The number of fused-ring (bicyclic) bond motifs is 1. The molecular weight excluding hydrogens is 498 g/mol. The number of benzene rings is 1. The predicted molar refractivity (Wildman–Crippen MR) is 147 cm³/mol. The first kappa shape index (κ1) is 23.5. The number of rotatable bonds is 5. The Bertz CT molecular complexity index is 1560. The van der Waals surface area contributed by atoms with E-state index in [0.29, 0.717) is 5.82 Å². The van der Waals surface area contributed by atoms with Crippen molar-refractivity contribution in [1.29, 1.82) is 0 Å². The van der Waals surface area contributed by atoms with Gasteiger partial charge in [0, 0.05) is 37.1 Å². The Kier molecular flexibility index (Phi) is 6.15. The molecule has 0 saturated carbocycles. The zero-order chi connectivity index (χ0) is 25.5. The zero-order valence-corrected chi connectivity index (χ0v) is 22.1. The van der Waals surface area contributed by atoms with Crippen molar-refractivity contribution in [3.05, 3.63) is 60.7 Å². The number of anilines is 1. The van der Waals surface area contributed by atoms with Crippen molar-refractivity contribution < 1.29 is 9.47 Å². The molecule has 2 fully saturated rings. The number of aromatic nitrogens is 6. The molecule has 2 aliphatic rings. The molecule has 0 N–H and O–H groups in total. The minimum absolute atomic E-state index is 0.0574. The third-order valence-electron chi connectivity index (χ3n) is 7.22. The van der Waals surface area contributed by atoms with Crippen molar-refractivity contribution in [1.82, 2.24) is 29.4 Å². The van der Waals surface area contributed by atoms with Gasteiger partial charge in [0.15, 0.2) is 12.1 Å². The third-order valence-corrected chi connectivity index (χ3v) is 8.29. The van der Waals surface area contributed by atoms with Gasteiger partial charge < -0.3 is 14.4 Å². The van der Waals surface area contributed by atoms with Gasteiger partial charge >= 0.3 is 0 Å². The third kappa shape index (κ3) is 4.28. The average molecular weight is 528 g/mol. The first-order valence-electron chi connectivity index (χ1n) is 13.2. The average Bonchev–Trinajstić information content (AvgIpc) is 3.70. The number of hydrogen-bond donors (Lipinski definition) is 0. The van der Waals surface area contributed by atoms with E-state index in [9.17, 15) is 0 Å². The Morgan fingerprint density at radius 3 is 2.68 bits per heavy atom. The second kappa shape index (κ2) is 9.94. The summed E-state index contributed by atoms with van der Waals surface area (Å²) in [5, 5.41) is 10.6. The summed E-state index contributed by atoms with van der Waals surface area (Å²) in [6.45, 7) is 6.08. The van der Waals surface area contributed by atoms with Gasteiger partial charge in [-0.05, 0) is 38.3 Å². The lowest BCUT2D eigenvalue weighted by Crippen LogP contribution is -2.36. The van der Waals surface area contributed by atoms with Gasteiger partial charge in [-0.2, -0.15) is 5.10 Å². The van der Waals surface area contributed by atoms with E-state index in [1.807, 2.05) is 40.5 Å². The molecule has 194 valence electrons. The number of aryl methyl sites for hydroxylation is 1. The molecule has 0 radical (unpaired) electrons. The van der Waals surface area contributed by atoms with Gasteiger partial charge in [0.05, 0.1) is 35.7 Å². The number of nitrogens with zero attached hydrogens (tertiary/aromatic N) is 7. The summed E-state index contributed by atoms with van der Waals surface area (Å²) in [5.74, 6) is 0.671. The second-order valence-electron chi connectivity index (χ2n) is 9.71. The summed E-state index contributed by atoms with van der Waals surface area (Å²) in [4.78, 5) is 13.2. The van der Waals surface area contributed by atoms with Crippen LogP contribution >= 0.6 is 11.3 Å². The van der Waals surface area contributed by atoms with E-state index >= 15 is 0 Å².